The van der Waals surface area contributed by atoms with Gasteiger partial charge in [-0.3, -0.25) is 24.0 Å². The summed E-state index contributed by atoms with van der Waals surface area (Å²) in [6.07, 6.45) is 0. The molecule has 0 heterocycles. The van der Waals surface area contributed by atoms with E-state index in [4.69, 9.17) is 9.90 Å². The largest absolute Gasteiger partial charge is 0.481 e. The van der Waals surface area contributed by atoms with Crippen LogP contribution in [0.4, 0.5) is 0 Å². The fraction of sp³-hybridized carbons (Fsp3) is 0.0938. The van der Waals surface area contributed by atoms with Crippen LogP contribution in [0.2, 0.25) is 0 Å². The van der Waals surface area contributed by atoms with Crippen LogP contribution < -0.4 is 0 Å². The van der Waals surface area contributed by atoms with Gasteiger partial charge in [-0.1, -0.05) is 109 Å². The van der Waals surface area contributed by atoms with Gasteiger partial charge < -0.3 is 5.11 Å². The molecule has 6 heteroatoms. The summed E-state index contributed by atoms with van der Waals surface area (Å²) in [6, 6.07) is 32.5. The first-order chi connectivity index (χ1) is 18.3. The van der Waals surface area contributed by atoms with Gasteiger partial charge in [0.15, 0.2) is 23.1 Å². The van der Waals surface area contributed by atoms with Crippen molar-refractivity contribution < 1.29 is 29.1 Å². The smallest absolute Gasteiger partial charge is 0.300 e. The molecule has 188 valence electrons. The first kappa shape index (κ1) is 26.1. The molecule has 0 radical (unpaired) electrons. The predicted octanol–water partition coefficient (Wildman–Crippen LogP) is 5.79. The lowest BCUT2D eigenvalue weighted by molar-refractivity contribution is -0.134. The number of hydrogen-bond donors (Lipinski definition) is 1. The molecule has 2 aliphatic carbocycles. The van der Waals surface area contributed by atoms with Crippen molar-refractivity contribution >= 4 is 29.1 Å². The average Bonchev–Trinajstić information content (AvgIpc) is 3.34. The van der Waals surface area contributed by atoms with Crippen molar-refractivity contribution in [3.8, 4) is 0 Å². The zero-order valence-corrected chi connectivity index (χ0v) is 20.5. The van der Waals surface area contributed by atoms with E-state index >= 15 is 0 Å². The van der Waals surface area contributed by atoms with Crippen molar-refractivity contribution in [3.05, 3.63) is 143 Å². The Labute approximate surface area is 219 Å². The number of carbonyl (C=O) groups excluding carboxylic acids is 4. The molecule has 1 N–H and O–H groups in total. The van der Waals surface area contributed by atoms with E-state index in [1.54, 1.807) is 48.5 Å². The average molecular weight is 505 g/mol. The highest BCUT2D eigenvalue weighted by molar-refractivity contribution is 6.30. The van der Waals surface area contributed by atoms with Crippen molar-refractivity contribution in [1.82, 2.24) is 0 Å². The molecule has 0 bridgehead atoms. The summed E-state index contributed by atoms with van der Waals surface area (Å²) in [7, 11) is 0. The zero-order valence-electron chi connectivity index (χ0n) is 20.5. The van der Waals surface area contributed by atoms with Gasteiger partial charge in [0.2, 0.25) is 0 Å². The van der Waals surface area contributed by atoms with Crippen LogP contribution in [0.5, 0.6) is 0 Å². The number of ketones is 4. The summed E-state index contributed by atoms with van der Waals surface area (Å²) in [5.41, 5.74) is 3.74. The number of carboxylic acid groups (broad SMARTS) is 1. The third kappa shape index (κ3) is 5.25. The Morgan fingerprint density at radius 2 is 0.684 bits per heavy atom. The summed E-state index contributed by atoms with van der Waals surface area (Å²) >= 11 is 0. The molecule has 0 saturated carbocycles. The second-order valence-electron chi connectivity index (χ2n) is 8.75. The Bertz CT molecular complexity index is 1340. The Kier molecular flexibility index (Phi) is 7.83. The van der Waals surface area contributed by atoms with Gasteiger partial charge in [-0.15, -0.1) is 0 Å². The first-order valence-electron chi connectivity index (χ1n) is 12.0. The van der Waals surface area contributed by atoms with Crippen molar-refractivity contribution in [2.75, 3.05) is 0 Å². The van der Waals surface area contributed by atoms with Crippen molar-refractivity contribution in [3.63, 3.8) is 0 Å². The molecule has 0 saturated heterocycles. The molecule has 4 aromatic rings. The Balaban J connectivity index is 0.000000156. The zero-order chi connectivity index (χ0) is 27.2. The number of benzene rings is 4. The third-order valence-corrected chi connectivity index (χ3v) is 6.23. The highest BCUT2D eigenvalue weighted by Gasteiger charge is 2.39. The third-order valence-electron chi connectivity index (χ3n) is 6.23. The molecule has 0 amide bonds. The molecule has 0 aliphatic heterocycles. The Morgan fingerprint density at radius 3 is 0.921 bits per heavy atom. The van der Waals surface area contributed by atoms with E-state index < -0.39 is 17.8 Å². The van der Waals surface area contributed by atoms with E-state index in [9.17, 15) is 19.2 Å². The molecular weight excluding hydrogens is 480 g/mol. The molecule has 6 nitrogen and oxygen atoms in total. The molecule has 0 fully saturated rings. The second kappa shape index (κ2) is 11.4. The van der Waals surface area contributed by atoms with Crippen molar-refractivity contribution in [1.29, 1.82) is 0 Å². The highest BCUT2D eigenvalue weighted by Crippen LogP contribution is 2.34. The lowest BCUT2D eigenvalue weighted by atomic mass is 9.94. The maximum Gasteiger partial charge on any atom is 0.300 e. The highest BCUT2D eigenvalue weighted by atomic mass is 16.4. The normalized spacial score (nSPS) is 14.1. The van der Waals surface area contributed by atoms with Gasteiger partial charge in [0, 0.05) is 29.2 Å². The van der Waals surface area contributed by atoms with E-state index in [-0.39, 0.29) is 23.1 Å². The molecule has 0 unspecified atom stereocenters. The summed E-state index contributed by atoms with van der Waals surface area (Å²) in [5, 5.41) is 7.42. The van der Waals surface area contributed by atoms with E-state index in [0.29, 0.717) is 22.3 Å². The fourth-order valence-corrected chi connectivity index (χ4v) is 4.58. The number of carboxylic acids is 1. The van der Waals surface area contributed by atoms with Crippen LogP contribution >= 0.6 is 0 Å². The molecule has 4 aromatic carbocycles. The standard InChI is InChI=1S/2C15H10O2.C2H4O2/c2*16-14-11-8-4-5-9-12(11)15(17)13(14)10-6-2-1-3-7-10;1-2(3)4/h2*1-9,13H;1H3,(H,3,4). The topological polar surface area (TPSA) is 106 Å². The number of fused-ring (bicyclic) bond motifs is 2. The van der Waals surface area contributed by atoms with Crippen LogP contribution in [0.25, 0.3) is 0 Å². The van der Waals surface area contributed by atoms with Crippen LogP contribution in [0.1, 0.15) is 71.3 Å². The summed E-state index contributed by atoms with van der Waals surface area (Å²) in [4.78, 5) is 57.7. The van der Waals surface area contributed by atoms with Crippen LogP contribution in [0.3, 0.4) is 0 Å². The van der Waals surface area contributed by atoms with Gasteiger partial charge in [0.25, 0.3) is 5.97 Å². The van der Waals surface area contributed by atoms with E-state index in [0.717, 1.165) is 18.1 Å². The Hall–Kier alpha value is -4.97. The molecular formula is C32H24O6. The molecule has 38 heavy (non-hydrogen) atoms. The molecule has 0 atom stereocenters. The first-order valence-corrected chi connectivity index (χ1v) is 12.0. The van der Waals surface area contributed by atoms with Crippen LogP contribution in [0.15, 0.2) is 109 Å². The minimum Gasteiger partial charge on any atom is -0.481 e. The lowest BCUT2D eigenvalue weighted by Crippen LogP contribution is -2.12. The quantitative estimate of drug-likeness (QED) is 0.347. The van der Waals surface area contributed by atoms with Crippen LogP contribution in [-0.2, 0) is 4.79 Å². The minimum absolute atomic E-state index is 0.0863. The number of hydrogen-bond acceptors (Lipinski definition) is 5. The fourth-order valence-electron chi connectivity index (χ4n) is 4.58. The van der Waals surface area contributed by atoms with Gasteiger partial charge in [-0.25, -0.2) is 0 Å². The molecule has 2 aliphatic rings. The van der Waals surface area contributed by atoms with Crippen molar-refractivity contribution in [2.45, 2.75) is 18.8 Å². The van der Waals surface area contributed by atoms with Crippen LogP contribution in [0, 0.1) is 0 Å². The van der Waals surface area contributed by atoms with Gasteiger partial charge in [-0.05, 0) is 11.1 Å². The summed E-state index contributed by atoms with van der Waals surface area (Å²) in [5.74, 6) is -2.47. The second-order valence-corrected chi connectivity index (χ2v) is 8.75. The summed E-state index contributed by atoms with van der Waals surface area (Å²) in [6.45, 7) is 1.08. The number of carbonyl (C=O) groups is 5. The molecule has 0 spiro atoms. The molecule has 0 aromatic heterocycles. The maximum atomic E-state index is 12.2. The van der Waals surface area contributed by atoms with Gasteiger partial charge in [0.1, 0.15) is 11.8 Å². The van der Waals surface area contributed by atoms with E-state index in [1.807, 2.05) is 60.7 Å². The van der Waals surface area contributed by atoms with Gasteiger partial charge in [-0.2, -0.15) is 0 Å². The van der Waals surface area contributed by atoms with Gasteiger partial charge in [0.05, 0.1) is 0 Å². The summed E-state index contributed by atoms with van der Waals surface area (Å²) < 4.78 is 0. The van der Waals surface area contributed by atoms with Crippen LogP contribution in [-0.4, -0.2) is 34.2 Å². The number of Topliss-reactive ketones (excluding diaryl/α,β-unsaturated/α-hetero) is 4. The molecule has 6 rings (SSSR count). The van der Waals surface area contributed by atoms with Gasteiger partial charge >= 0.3 is 0 Å². The SMILES string of the molecule is CC(=O)O.O=C1c2ccccc2C(=O)C1c1ccccc1.O=C1c2ccccc2C(=O)C1c1ccccc1. The van der Waals surface area contributed by atoms with Crippen molar-refractivity contribution in [2.24, 2.45) is 0 Å². The van der Waals surface area contributed by atoms with E-state index in [1.165, 1.54) is 0 Å². The monoisotopic (exact) mass is 504 g/mol. The minimum atomic E-state index is -0.833. The number of aliphatic carboxylic acids is 1. The Morgan fingerprint density at radius 1 is 0.474 bits per heavy atom. The van der Waals surface area contributed by atoms with E-state index in [2.05, 4.69) is 0 Å². The predicted molar refractivity (Wildman–Crippen MR) is 142 cm³/mol. The maximum absolute atomic E-state index is 12.2. The lowest BCUT2D eigenvalue weighted by Gasteiger charge is -2.05. The number of rotatable bonds is 2.